The lowest BCUT2D eigenvalue weighted by Crippen LogP contribution is -2.51. The number of rotatable bonds is 5. The van der Waals surface area contributed by atoms with E-state index < -0.39 is 22.1 Å². The minimum Gasteiger partial charge on any atom is -0.472 e. The summed E-state index contributed by atoms with van der Waals surface area (Å²) in [6, 6.07) is 11.8. The summed E-state index contributed by atoms with van der Waals surface area (Å²) in [5.74, 6) is 0.0607. The standard InChI is InChI=1S/C17H16FN6O3S/c18-13-1-7-16(8-2-13)28(25,26)23-10-9-19-17(11-23)27-15-5-3-14(4-6-15)24-12-20-21-22-24/h1-8,12,17H,9-11H2. The molecule has 0 saturated carbocycles. The maximum absolute atomic E-state index is 13.1. The molecular weight excluding hydrogens is 387 g/mol. The topological polar surface area (TPSA) is 104 Å². The summed E-state index contributed by atoms with van der Waals surface area (Å²) in [4.78, 5) is 0.0420. The Morgan fingerprint density at radius 2 is 1.82 bits per heavy atom. The largest absolute Gasteiger partial charge is 0.472 e. The summed E-state index contributed by atoms with van der Waals surface area (Å²) in [5.41, 5.74) is 0.762. The molecular formula is C17H16FN6O3S. The average Bonchev–Trinajstić information content (AvgIpc) is 3.24. The van der Waals surface area contributed by atoms with Crippen LogP contribution in [0.25, 0.3) is 5.69 Å². The van der Waals surface area contributed by atoms with E-state index in [-0.39, 0.29) is 18.0 Å². The Balaban J connectivity index is 1.44. The number of benzene rings is 2. The van der Waals surface area contributed by atoms with Crippen molar-refractivity contribution in [3.63, 3.8) is 0 Å². The molecule has 28 heavy (non-hydrogen) atoms. The molecule has 0 aliphatic carbocycles. The quantitative estimate of drug-likeness (QED) is 0.625. The Hall–Kier alpha value is -2.89. The van der Waals surface area contributed by atoms with Crippen LogP contribution >= 0.6 is 0 Å². The van der Waals surface area contributed by atoms with Gasteiger partial charge in [0.1, 0.15) is 17.9 Å². The van der Waals surface area contributed by atoms with E-state index in [0.29, 0.717) is 12.3 Å². The molecule has 1 atom stereocenters. The van der Waals surface area contributed by atoms with Gasteiger partial charge in [0, 0.05) is 13.1 Å². The predicted octanol–water partition coefficient (Wildman–Crippen LogP) is 0.815. The van der Waals surface area contributed by atoms with Crippen LogP contribution in [0.4, 0.5) is 4.39 Å². The number of hydrogen-bond donors (Lipinski definition) is 0. The summed E-state index contributed by atoms with van der Waals surface area (Å²) in [6.07, 6.45) is 0.840. The molecule has 9 nitrogen and oxygen atoms in total. The first-order chi connectivity index (χ1) is 13.5. The van der Waals surface area contributed by atoms with Gasteiger partial charge in [-0.3, -0.25) is 0 Å². The Kier molecular flexibility index (Phi) is 5.03. The van der Waals surface area contributed by atoms with E-state index in [2.05, 4.69) is 20.8 Å². The fourth-order valence-electron chi connectivity index (χ4n) is 2.80. The first-order valence-electron chi connectivity index (χ1n) is 8.45. The van der Waals surface area contributed by atoms with Gasteiger partial charge >= 0.3 is 0 Å². The lowest BCUT2D eigenvalue weighted by atomic mass is 10.3. The van der Waals surface area contributed by atoms with Gasteiger partial charge in [-0.2, -0.15) is 9.62 Å². The summed E-state index contributed by atoms with van der Waals surface area (Å²) in [7, 11) is -3.74. The number of halogens is 1. The van der Waals surface area contributed by atoms with Gasteiger partial charge in [0.05, 0.1) is 17.1 Å². The monoisotopic (exact) mass is 403 g/mol. The van der Waals surface area contributed by atoms with Crippen molar-refractivity contribution in [1.82, 2.24) is 29.8 Å². The lowest BCUT2D eigenvalue weighted by molar-refractivity contribution is 0.106. The van der Waals surface area contributed by atoms with E-state index in [1.807, 2.05) is 0 Å². The van der Waals surface area contributed by atoms with E-state index in [9.17, 15) is 12.8 Å². The van der Waals surface area contributed by atoms with Gasteiger partial charge in [-0.15, -0.1) is 5.10 Å². The van der Waals surface area contributed by atoms with Crippen molar-refractivity contribution in [2.45, 2.75) is 11.1 Å². The zero-order valence-electron chi connectivity index (χ0n) is 14.6. The normalized spacial score (nSPS) is 18.1. The molecule has 0 spiro atoms. The van der Waals surface area contributed by atoms with Gasteiger partial charge < -0.3 is 4.74 Å². The highest BCUT2D eigenvalue weighted by Crippen LogP contribution is 2.20. The van der Waals surface area contributed by atoms with Gasteiger partial charge in [0.2, 0.25) is 10.0 Å². The van der Waals surface area contributed by atoms with Crippen LogP contribution in [0, 0.1) is 5.82 Å². The lowest BCUT2D eigenvalue weighted by Gasteiger charge is -2.31. The summed E-state index contributed by atoms with van der Waals surface area (Å²) >= 11 is 0. The fourth-order valence-corrected chi connectivity index (χ4v) is 4.22. The Labute approximate surface area is 160 Å². The SMILES string of the molecule is O=S(=O)(c1ccc(F)cc1)N1CC[N]C(Oc2ccc(-n3cnnn3)cc2)C1. The van der Waals surface area contributed by atoms with Crippen molar-refractivity contribution in [3.8, 4) is 11.4 Å². The van der Waals surface area contributed by atoms with Crippen LogP contribution in [0.1, 0.15) is 0 Å². The molecule has 0 bridgehead atoms. The molecule has 1 unspecified atom stereocenters. The number of aromatic nitrogens is 4. The Morgan fingerprint density at radius 3 is 2.50 bits per heavy atom. The van der Waals surface area contributed by atoms with E-state index in [1.54, 1.807) is 24.3 Å². The molecule has 2 aromatic carbocycles. The van der Waals surface area contributed by atoms with E-state index in [0.717, 1.165) is 17.8 Å². The molecule has 1 aliphatic heterocycles. The molecule has 3 aromatic rings. The van der Waals surface area contributed by atoms with E-state index in [4.69, 9.17) is 4.74 Å². The number of sulfonamides is 1. The minimum absolute atomic E-state index is 0.0420. The maximum atomic E-state index is 13.1. The molecule has 0 N–H and O–H groups in total. The predicted molar refractivity (Wildman–Crippen MR) is 95.7 cm³/mol. The van der Waals surface area contributed by atoms with E-state index >= 15 is 0 Å². The number of piperazine rings is 1. The third-order valence-corrected chi connectivity index (χ3v) is 6.10. The zero-order chi connectivity index (χ0) is 19.6. The second-order valence-electron chi connectivity index (χ2n) is 6.04. The molecule has 1 radical (unpaired) electrons. The van der Waals surface area contributed by atoms with Crippen molar-refractivity contribution in [2.75, 3.05) is 19.6 Å². The van der Waals surface area contributed by atoms with Crippen LogP contribution in [0.15, 0.2) is 59.8 Å². The van der Waals surface area contributed by atoms with Crippen LogP contribution in [-0.4, -0.2) is 58.8 Å². The van der Waals surface area contributed by atoms with Gasteiger partial charge in [-0.05, 0) is 59.0 Å². The Morgan fingerprint density at radius 1 is 1.07 bits per heavy atom. The third kappa shape index (κ3) is 3.86. The van der Waals surface area contributed by atoms with Crippen LogP contribution in [0.3, 0.4) is 0 Å². The molecule has 1 saturated heterocycles. The van der Waals surface area contributed by atoms with Crippen LogP contribution < -0.4 is 10.1 Å². The molecule has 2 heterocycles. The average molecular weight is 403 g/mol. The smallest absolute Gasteiger partial charge is 0.243 e. The van der Waals surface area contributed by atoms with Gasteiger partial charge in [-0.1, -0.05) is 0 Å². The van der Waals surface area contributed by atoms with Gasteiger partial charge in [-0.25, -0.2) is 17.5 Å². The first-order valence-corrected chi connectivity index (χ1v) is 9.89. The van der Waals surface area contributed by atoms with Crippen LogP contribution in [0.2, 0.25) is 0 Å². The fraction of sp³-hybridized carbons (Fsp3) is 0.235. The highest BCUT2D eigenvalue weighted by molar-refractivity contribution is 7.89. The number of hydrogen-bond acceptors (Lipinski definition) is 6. The van der Waals surface area contributed by atoms with Crippen molar-refractivity contribution in [3.05, 3.63) is 60.7 Å². The Bertz CT molecular complexity index is 1030. The highest BCUT2D eigenvalue weighted by Gasteiger charge is 2.31. The molecule has 11 heteroatoms. The molecule has 0 amide bonds. The van der Waals surface area contributed by atoms with Crippen LogP contribution in [-0.2, 0) is 10.0 Å². The third-order valence-electron chi connectivity index (χ3n) is 4.22. The van der Waals surface area contributed by atoms with Crippen molar-refractivity contribution < 1.29 is 17.5 Å². The van der Waals surface area contributed by atoms with Gasteiger partial charge in [0.25, 0.3) is 0 Å². The zero-order valence-corrected chi connectivity index (χ0v) is 15.4. The molecule has 1 fully saturated rings. The molecule has 1 aromatic heterocycles. The minimum atomic E-state index is -3.74. The van der Waals surface area contributed by atoms with Crippen LogP contribution in [0.5, 0.6) is 5.75 Å². The van der Waals surface area contributed by atoms with Gasteiger partial charge in [0.15, 0.2) is 6.23 Å². The summed E-state index contributed by atoms with van der Waals surface area (Å²) < 4.78 is 47.2. The number of tetrazole rings is 1. The molecule has 4 rings (SSSR count). The summed E-state index contributed by atoms with van der Waals surface area (Å²) in [6.45, 7) is 0.639. The maximum Gasteiger partial charge on any atom is 0.243 e. The van der Waals surface area contributed by atoms with Crippen molar-refractivity contribution in [2.24, 2.45) is 0 Å². The first kappa shape index (κ1) is 18.5. The second kappa shape index (κ2) is 7.62. The second-order valence-corrected chi connectivity index (χ2v) is 7.98. The molecule has 145 valence electrons. The highest BCUT2D eigenvalue weighted by atomic mass is 32.2. The van der Waals surface area contributed by atoms with Crippen molar-refractivity contribution >= 4 is 10.0 Å². The molecule has 1 aliphatic rings. The van der Waals surface area contributed by atoms with E-state index in [1.165, 1.54) is 27.4 Å². The number of nitrogens with zero attached hydrogens (tertiary/aromatic N) is 6. The summed E-state index contributed by atoms with van der Waals surface area (Å²) in [5, 5.41) is 15.3. The number of ether oxygens (including phenoxy) is 1. The van der Waals surface area contributed by atoms with Crippen molar-refractivity contribution in [1.29, 1.82) is 0 Å².